The Hall–Kier alpha value is -3.24. The molecule has 1 aliphatic rings. The van der Waals surface area contributed by atoms with Crippen molar-refractivity contribution >= 4 is 11.5 Å². The summed E-state index contributed by atoms with van der Waals surface area (Å²) >= 11 is 0. The highest BCUT2D eigenvalue weighted by molar-refractivity contribution is 5.54. The molecule has 0 spiro atoms. The fourth-order valence-corrected chi connectivity index (χ4v) is 3.70. The minimum atomic E-state index is 0.257. The van der Waals surface area contributed by atoms with Crippen LogP contribution in [0.25, 0.3) is 0 Å². The number of likely N-dealkylation sites (tertiary alicyclic amines) is 1. The van der Waals surface area contributed by atoms with Crippen LogP contribution in [0.1, 0.15) is 55.1 Å². The van der Waals surface area contributed by atoms with Gasteiger partial charge < -0.3 is 9.73 Å². The Morgan fingerprint density at radius 3 is 2.76 bits per heavy atom. The molecule has 4 heterocycles. The maximum Gasteiger partial charge on any atom is 0.148 e. The Kier molecular flexibility index (Phi) is 5.82. The summed E-state index contributed by atoms with van der Waals surface area (Å²) in [6.07, 6.45) is 9.49. The molecule has 1 fully saturated rings. The second kappa shape index (κ2) is 8.84. The van der Waals surface area contributed by atoms with E-state index in [0.717, 1.165) is 61.7 Å². The normalized spacial score (nSPS) is 16.6. The van der Waals surface area contributed by atoms with E-state index in [1.165, 1.54) is 0 Å². The number of nitrogens with zero attached hydrogens (tertiary/aromatic N) is 5. The van der Waals surface area contributed by atoms with Crippen molar-refractivity contribution in [3.8, 4) is 6.07 Å². The minimum Gasteiger partial charge on any atom is -0.465 e. The number of anilines is 2. The molecule has 4 rings (SSSR count). The van der Waals surface area contributed by atoms with E-state index in [-0.39, 0.29) is 6.04 Å². The van der Waals surface area contributed by atoms with Crippen LogP contribution >= 0.6 is 0 Å². The van der Waals surface area contributed by atoms with Gasteiger partial charge in [-0.1, -0.05) is 6.92 Å². The van der Waals surface area contributed by atoms with Crippen LogP contribution in [0.4, 0.5) is 11.5 Å². The van der Waals surface area contributed by atoms with Gasteiger partial charge in [-0.3, -0.25) is 9.88 Å². The van der Waals surface area contributed by atoms with Gasteiger partial charge in [-0.25, -0.2) is 9.97 Å². The van der Waals surface area contributed by atoms with Crippen LogP contribution in [0.2, 0.25) is 0 Å². The van der Waals surface area contributed by atoms with Gasteiger partial charge in [0.25, 0.3) is 0 Å². The molecule has 0 aromatic carbocycles. The van der Waals surface area contributed by atoms with Crippen LogP contribution in [-0.4, -0.2) is 26.4 Å². The maximum absolute atomic E-state index is 8.83. The van der Waals surface area contributed by atoms with E-state index in [9.17, 15) is 0 Å². The molecule has 3 aromatic heterocycles. The van der Waals surface area contributed by atoms with Crippen molar-refractivity contribution < 1.29 is 4.42 Å². The number of hydrogen-bond acceptors (Lipinski definition) is 7. The summed E-state index contributed by atoms with van der Waals surface area (Å²) in [6, 6.07) is 9.91. The average molecular weight is 388 g/mol. The highest BCUT2D eigenvalue weighted by Crippen LogP contribution is 2.32. The van der Waals surface area contributed by atoms with E-state index < -0.39 is 0 Å². The van der Waals surface area contributed by atoms with Gasteiger partial charge in [0.1, 0.15) is 29.1 Å². The van der Waals surface area contributed by atoms with E-state index >= 15 is 0 Å². The lowest BCUT2D eigenvalue weighted by atomic mass is 10.1. The van der Waals surface area contributed by atoms with Crippen LogP contribution < -0.4 is 5.32 Å². The topological polar surface area (TPSA) is 90.9 Å². The molecule has 0 saturated carbocycles. The van der Waals surface area contributed by atoms with Crippen LogP contribution in [0.5, 0.6) is 0 Å². The zero-order valence-electron chi connectivity index (χ0n) is 16.5. The minimum absolute atomic E-state index is 0.257. The first-order valence-electron chi connectivity index (χ1n) is 10.0. The third kappa shape index (κ3) is 4.61. The fourth-order valence-electron chi connectivity index (χ4n) is 3.70. The second-order valence-corrected chi connectivity index (χ2v) is 7.24. The number of nitriles is 1. The van der Waals surface area contributed by atoms with Crippen molar-refractivity contribution in [2.24, 2.45) is 0 Å². The van der Waals surface area contributed by atoms with E-state index in [1.807, 2.05) is 12.3 Å². The summed E-state index contributed by atoms with van der Waals surface area (Å²) in [4.78, 5) is 15.6. The predicted molar refractivity (Wildman–Crippen MR) is 109 cm³/mol. The van der Waals surface area contributed by atoms with Gasteiger partial charge in [0.15, 0.2) is 0 Å². The number of aromatic nitrogens is 3. The highest BCUT2D eigenvalue weighted by atomic mass is 16.3. The second-order valence-electron chi connectivity index (χ2n) is 7.24. The molecule has 0 radical (unpaired) electrons. The summed E-state index contributed by atoms with van der Waals surface area (Å²) in [5.74, 6) is 2.73. The molecular weight excluding hydrogens is 364 g/mol. The molecule has 0 unspecified atom stereocenters. The van der Waals surface area contributed by atoms with Crippen molar-refractivity contribution in [3.63, 3.8) is 0 Å². The molecular formula is C22H24N6O. The molecule has 7 heteroatoms. The van der Waals surface area contributed by atoms with Crippen LogP contribution in [0.3, 0.4) is 0 Å². The molecule has 29 heavy (non-hydrogen) atoms. The van der Waals surface area contributed by atoms with Gasteiger partial charge in [-0.15, -0.1) is 0 Å². The van der Waals surface area contributed by atoms with Gasteiger partial charge in [0.2, 0.25) is 0 Å². The average Bonchev–Trinajstić information content (AvgIpc) is 3.39. The van der Waals surface area contributed by atoms with Crippen molar-refractivity contribution in [2.75, 3.05) is 11.9 Å². The van der Waals surface area contributed by atoms with Crippen molar-refractivity contribution in [1.82, 2.24) is 19.9 Å². The Morgan fingerprint density at radius 1 is 1.14 bits per heavy atom. The van der Waals surface area contributed by atoms with Crippen molar-refractivity contribution in [3.05, 3.63) is 65.8 Å². The van der Waals surface area contributed by atoms with E-state index in [4.69, 9.17) is 9.68 Å². The Morgan fingerprint density at radius 2 is 2.03 bits per heavy atom. The fraction of sp³-hybridized carbons (Fsp3) is 0.364. The quantitative estimate of drug-likeness (QED) is 0.642. The van der Waals surface area contributed by atoms with Crippen molar-refractivity contribution in [1.29, 1.82) is 5.26 Å². The predicted octanol–water partition coefficient (Wildman–Crippen LogP) is 4.37. The summed E-state index contributed by atoms with van der Waals surface area (Å²) in [5.41, 5.74) is 2.14. The van der Waals surface area contributed by atoms with Crippen molar-refractivity contribution in [2.45, 2.75) is 45.2 Å². The van der Waals surface area contributed by atoms with Gasteiger partial charge in [0.05, 0.1) is 42.6 Å². The standard InChI is InChI=1S/C22H24N6O/c1-2-4-18-8-9-19(29-18)15-28-10-3-5-21(28)20-13-26-22(14-25-20)27-17-7-6-16(11-23)24-12-17/h6-9,12-14,21H,2-5,10,15H2,1H3,(H,26,27)/t21-/m0/s1. The number of hydrogen-bond donors (Lipinski definition) is 1. The lowest BCUT2D eigenvalue weighted by Gasteiger charge is -2.22. The number of rotatable bonds is 7. The number of pyridine rings is 1. The Labute approximate surface area is 170 Å². The molecule has 0 bridgehead atoms. The molecule has 1 atom stereocenters. The molecule has 148 valence electrons. The first-order valence-corrected chi connectivity index (χ1v) is 10.0. The number of furan rings is 1. The molecule has 1 N–H and O–H groups in total. The lowest BCUT2D eigenvalue weighted by Crippen LogP contribution is -2.23. The van der Waals surface area contributed by atoms with Crippen LogP contribution in [0.15, 0.2) is 47.3 Å². The third-order valence-electron chi connectivity index (χ3n) is 5.10. The SMILES string of the molecule is CCCc1ccc(CN2CCC[C@H]2c2cnc(Nc3ccc(C#N)nc3)cn2)o1. The summed E-state index contributed by atoms with van der Waals surface area (Å²) < 4.78 is 5.96. The van der Waals surface area contributed by atoms with Crippen LogP contribution in [0, 0.1) is 11.3 Å². The van der Waals surface area contributed by atoms with E-state index in [2.05, 4.69) is 44.2 Å². The first kappa shape index (κ1) is 19.1. The number of nitrogens with one attached hydrogen (secondary N) is 1. The van der Waals surface area contributed by atoms with Gasteiger partial charge in [0, 0.05) is 6.42 Å². The number of aryl methyl sites for hydroxylation is 1. The summed E-state index contributed by atoms with van der Waals surface area (Å²) in [5, 5.41) is 12.0. The summed E-state index contributed by atoms with van der Waals surface area (Å²) in [6.45, 7) is 3.99. The van der Waals surface area contributed by atoms with E-state index in [1.54, 1.807) is 24.5 Å². The molecule has 3 aromatic rings. The van der Waals surface area contributed by atoms with Crippen LogP contribution in [-0.2, 0) is 13.0 Å². The molecule has 1 saturated heterocycles. The molecule has 0 aliphatic carbocycles. The lowest BCUT2D eigenvalue weighted by molar-refractivity contribution is 0.222. The third-order valence-corrected chi connectivity index (χ3v) is 5.10. The van der Waals surface area contributed by atoms with E-state index in [0.29, 0.717) is 11.5 Å². The molecule has 0 amide bonds. The zero-order chi connectivity index (χ0) is 20.1. The Bertz CT molecular complexity index is 974. The largest absolute Gasteiger partial charge is 0.465 e. The molecule has 7 nitrogen and oxygen atoms in total. The molecule has 1 aliphatic heterocycles. The monoisotopic (exact) mass is 388 g/mol. The van der Waals surface area contributed by atoms with Gasteiger partial charge in [-0.05, 0) is 50.1 Å². The Balaban J connectivity index is 1.40. The maximum atomic E-state index is 8.83. The smallest absolute Gasteiger partial charge is 0.148 e. The van der Waals surface area contributed by atoms with Gasteiger partial charge in [-0.2, -0.15) is 5.26 Å². The first-order chi connectivity index (χ1) is 14.2. The highest BCUT2D eigenvalue weighted by Gasteiger charge is 2.28. The van der Waals surface area contributed by atoms with Gasteiger partial charge >= 0.3 is 0 Å². The summed E-state index contributed by atoms with van der Waals surface area (Å²) in [7, 11) is 0. The zero-order valence-corrected chi connectivity index (χ0v) is 16.5.